The van der Waals surface area contributed by atoms with Crippen molar-refractivity contribution in [2.75, 3.05) is 13.2 Å². The maximum atomic E-state index is 14.0. The molecule has 3 heterocycles. The second-order valence-electron chi connectivity index (χ2n) is 13.2. The zero-order valence-corrected chi connectivity index (χ0v) is 25.3. The highest BCUT2D eigenvalue weighted by atomic mass is 16.5. The van der Waals surface area contributed by atoms with Crippen molar-refractivity contribution in [2.24, 2.45) is 17.3 Å². The number of benzene rings is 1. The highest BCUT2D eigenvalue weighted by molar-refractivity contribution is 6.08. The van der Waals surface area contributed by atoms with Gasteiger partial charge >= 0.3 is 0 Å². The summed E-state index contributed by atoms with van der Waals surface area (Å²) < 4.78 is 8.05. The summed E-state index contributed by atoms with van der Waals surface area (Å²) in [6, 6.07) is 3.48. The van der Waals surface area contributed by atoms with Gasteiger partial charge in [-0.3, -0.25) is 19.2 Å². The summed E-state index contributed by atoms with van der Waals surface area (Å²) in [5.74, 6) is 1.31. The van der Waals surface area contributed by atoms with Crippen molar-refractivity contribution in [3.8, 4) is 5.75 Å². The SMILES string of the molecule is CCC(=O)[C@@H]1C[C@]23CNC(=O)C[C@H](C)CCCCc4cc(OCC(C)C)cc5c(C(C)=O)cn(c45)CC(=O)N1[C@@H]2C3. The van der Waals surface area contributed by atoms with Gasteiger partial charge in [-0.2, -0.15) is 0 Å². The van der Waals surface area contributed by atoms with Crippen molar-refractivity contribution in [1.29, 1.82) is 0 Å². The zero-order valence-electron chi connectivity index (χ0n) is 25.3. The summed E-state index contributed by atoms with van der Waals surface area (Å²) >= 11 is 0. The third-order valence-electron chi connectivity index (χ3n) is 9.28. The Labute approximate surface area is 243 Å². The van der Waals surface area contributed by atoms with Crippen LogP contribution >= 0.6 is 0 Å². The number of aryl methyl sites for hydroxylation is 1. The molecule has 1 saturated heterocycles. The average molecular weight is 564 g/mol. The number of nitrogens with zero attached hydrogens (tertiary/aromatic N) is 2. The van der Waals surface area contributed by atoms with Gasteiger partial charge in [-0.1, -0.05) is 40.5 Å². The monoisotopic (exact) mass is 563 g/mol. The molecule has 41 heavy (non-hydrogen) atoms. The van der Waals surface area contributed by atoms with E-state index in [9.17, 15) is 19.2 Å². The number of piperidine rings is 1. The third-order valence-corrected chi connectivity index (χ3v) is 9.28. The molecule has 4 atom stereocenters. The number of carbonyl (C=O) groups is 4. The number of hydrogen-bond donors (Lipinski definition) is 1. The van der Waals surface area contributed by atoms with Gasteiger partial charge in [-0.25, -0.2) is 0 Å². The van der Waals surface area contributed by atoms with Gasteiger partial charge in [0.05, 0.1) is 18.2 Å². The normalized spacial score (nSPS) is 27.0. The van der Waals surface area contributed by atoms with Crippen molar-refractivity contribution in [1.82, 2.24) is 14.8 Å². The number of nitrogens with one attached hydrogen (secondary N) is 1. The van der Waals surface area contributed by atoms with E-state index in [-0.39, 0.29) is 47.3 Å². The molecular weight excluding hydrogens is 518 g/mol. The van der Waals surface area contributed by atoms with Gasteiger partial charge in [0.2, 0.25) is 11.8 Å². The van der Waals surface area contributed by atoms with Crippen LogP contribution in [-0.2, 0) is 27.3 Å². The van der Waals surface area contributed by atoms with Crippen LogP contribution in [0.15, 0.2) is 18.3 Å². The molecule has 2 fully saturated rings. The van der Waals surface area contributed by atoms with Crippen LogP contribution in [0.2, 0.25) is 0 Å². The zero-order chi connectivity index (χ0) is 29.5. The Hall–Kier alpha value is -3.16. The summed E-state index contributed by atoms with van der Waals surface area (Å²) in [6.45, 7) is 10.9. The Morgan fingerprint density at radius 2 is 1.95 bits per heavy atom. The maximum absolute atomic E-state index is 14.0. The Bertz CT molecular complexity index is 1360. The van der Waals surface area contributed by atoms with E-state index >= 15 is 0 Å². The largest absolute Gasteiger partial charge is 0.493 e. The standard InChI is InChI=1S/C33H45N3O5/c1-6-28(38)27-14-33-15-29(33)36(27)31(40)17-35-16-26(22(5)37)25-13-24(41-18-20(2)3)12-23(32(25)35)10-8-7-9-21(4)11-30(39)34-19-33/h12-13,16,20-21,27,29H,6-11,14-15,17-19H2,1-5H3,(H,34,39)/t21-,27+,29-,33+/m1/s1. The lowest BCUT2D eigenvalue weighted by molar-refractivity contribution is -0.139. The number of aromatic nitrogens is 1. The van der Waals surface area contributed by atoms with E-state index in [4.69, 9.17) is 4.74 Å². The summed E-state index contributed by atoms with van der Waals surface area (Å²) in [7, 11) is 0. The number of ether oxygens (including phenoxy) is 1. The summed E-state index contributed by atoms with van der Waals surface area (Å²) in [5, 5.41) is 3.95. The molecule has 1 aromatic heterocycles. The Balaban J connectivity index is 1.57. The summed E-state index contributed by atoms with van der Waals surface area (Å²) in [5.41, 5.74) is 2.31. The van der Waals surface area contributed by atoms with E-state index in [1.807, 2.05) is 23.8 Å². The molecule has 0 spiro atoms. The number of hydrogen-bond acceptors (Lipinski definition) is 5. The summed E-state index contributed by atoms with van der Waals surface area (Å²) in [6.07, 6.45) is 7.68. The van der Waals surface area contributed by atoms with Gasteiger partial charge < -0.3 is 19.5 Å². The molecule has 1 aliphatic carbocycles. The number of amides is 2. The highest BCUT2D eigenvalue weighted by Gasteiger charge is 2.66. The fourth-order valence-corrected chi connectivity index (χ4v) is 7.00. The Morgan fingerprint density at radius 3 is 2.66 bits per heavy atom. The lowest BCUT2D eigenvalue weighted by atomic mass is 9.95. The first-order valence-electron chi connectivity index (χ1n) is 15.4. The minimum atomic E-state index is -0.467. The summed E-state index contributed by atoms with van der Waals surface area (Å²) in [4.78, 5) is 54.4. The van der Waals surface area contributed by atoms with Crippen LogP contribution in [-0.4, -0.2) is 58.1 Å². The van der Waals surface area contributed by atoms with Crippen molar-refractivity contribution in [3.63, 3.8) is 0 Å². The number of Topliss-reactive ketones (excluding diaryl/α,β-unsaturated/α-hetero) is 2. The van der Waals surface area contributed by atoms with Gasteiger partial charge in [0, 0.05) is 48.0 Å². The molecule has 1 N–H and O–H groups in total. The number of carbonyl (C=O) groups excluding carboxylic acids is 4. The average Bonchev–Trinajstić information content (AvgIpc) is 3.33. The van der Waals surface area contributed by atoms with E-state index in [2.05, 4.69) is 32.2 Å². The molecule has 8 heteroatoms. The third kappa shape index (κ3) is 5.93. The van der Waals surface area contributed by atoms with Crippen LogP contribution < -0.4 is 10.1 Å². The molecule has 2 bridgehead atoms. The second kappa shape index (κ2) is 11.6. The predicted molar refractivity (Wildman–Crippen MR) is 158 cm³/mol. The first-order chi connectivity index (χ1) is 19.5. The van der Waals surface area contributed by atoms with Crippen LogP contribution in [0.25, 0.3) is 10.9 Å². The molecule has 1 saturated carbocycles. The van der Waals surface area contributed by atoms with Crippen molar-refractivity contribution in [3.05, 3.63) is 29.5 Å². The Kier molecular flexibility index (Phi) is 8.31. The van der Waals surface area contributed by atoms with Gasteiger partial charge in [0.15, 0.2) is 11.6 Å². The molecule has 3 aliphatic rings. The van der Waals surface area contributed by atoms with E-state index < -0.39 is 6.04 Å². The van der Waals surface area contributed by atoms with Crippen LogP contribution in [0, 0.1) is 17.3 Å². The quantitative estimate of drug-likeness (QED) is 0.494. The highest BCUT2D eigenvalue weighted by Crippen LogP contribution is 2.59. The van der Waals surface area contributed by atoms with E-state index in [0.717, 1.165) is 54.3 Å². The predicted octanol–water partition coefficient (Wildman–Crippen LogP) is 5.09. The van der Waals surface area contributed by atoms with Crippen molar-refractivity contribution < 1.29 is 23.9 Å². The smallest absolute Gasteiger partial charge is 0.243 e. The fraction of sp³-hybridized carbons (Fsp3) is 0.636. The maximum Gasteiger partial charge on any atom is 0.243 e. The van der Waals surface area contributed by atoms with Crippen molar-refractivity contribution >= 4 is 34.3 Å². The molecule has 222 valence electrons. The first-order valence-corrected chi connectivity index (χ1v) is 15.4. The molecule has 0 radical (unpaired) electrons. The van der Waals surface area contributed by atoms with Gasteiger partial charge in [0.1, 0.15) is 12.3 Å². The fourth-order valence-electron chi connectivity index (χ4n) is 7.00. The van der Waals surface area contributed by atoms with Crippen LogP contribution in [0.5, 0.6) is 5.75 Å². The molecule has 2 amide bonds. The topological polar surface area (TPSA) is 97.7 Å². The molecule has 0 unspecified atom stereocenters. The lowest BCUT2D eigenvalue weighted by Crippen LogP contribution is -2.44. The van der Waals surface area contributed by atoms with Gasteiger partial charge in [-0.05, 0) is 62.1 Å². The van der Waals surface area contributed by atoms with Crippen LogP contribution in [0.3, 0.4) is 0 Å². The molecule has 8 nitrogen and oxygen atoms in total. The number of rotatable bonds is 6. The second-order valence-corrected chi connectivity index (χ2v) is 13.2. The minimum absolute atomic E-state index is 0.0477. The van der Waals surface area contributed by atoms with E-state index in [1.165, 1.54) is 0 Å². The van der Waals surface area contributed by atoms with E-state index in [0.29, 0.717) is 43.9 Å². The molecule has 1 aromatic carbocycles. The number of ketones is 2. The molecular formula is C33H45N3O5. The minimum Gasteiger partial charge on any atom is -0.493 e. The van der Waals surface area contributed by atoms with Crippen LogP contribution in [0.1, 0.15) is 95.5 Å². The molecule has 2 aromatic rings. The van der Waals surface area contributed by atoms with Crippen LogP contribution in [0.4, 0.5) is 0 Å². The Morgan fingerprint density at radius 1 is 1.17 bits per heavy atom. The van der Waals surface area contributed by atoms with E-state index in [1.54, 1.807) is 11.8 Å². The first kappa shape index (κ1) is 29.3. The molecule has 5 rings (SSSR count). The van der Waals surface area contributed by atoms with Gasteiger partial charge in [0.25, 0.3) is 0 Å². The van der Waals surface area contributed by atoms with Gasteiger partial charge in [-0.15, -0.1) is 0 Å². The molecule has 2 aliphatic heterocycles. The lowest BCUT2D eigenvalue weighted by Gasteiger charge is -2.27. The van der Waals surface area contributed by atoms with Crippen molar-refractivity contribution in [2.45, 2.75) is 105 Å².